The maximum Gasteiger partial charge on any atom is 0.128 e. The van der Waals surface area contributed by atoms with Crippen molar-refractivity contribution in [3.8, 4) is 6.07 Å². The molecule has 0 radical (unpaired) electrons. The fourth-order valence-electron chi connectivity index (χ4n) is 1.91. The minimum Gasteiger partial charge on any atom is -0.355 e. The van der Waals surface area contributed by atoms with Gasteiger partial charge < -0.3 is 9.80 Å². The Morgan fingerprint density at radius 3 is 2.81 bits per heavy atom. The third kappa shape index (κ3) is 2.50. The second-order valence-corrected chi connectivity index (χ2v) is 4.16. The Labute approximate surface area is 96.1 Å². The normalized spacial score (nSPS) is 17.9. The second kappa shape index (κ2) is 4.95. The van der Waals surface area contributed by atoms with Gasteiger partial charge in [-0.2, -0.15) is 5.26 Å². The lowest BCUT2D eigenvalue weighted by molar-refractivity contribution is 0.360. The summed E-state index contributed by atoms with van der Waals surface area (Å²) in [5.74, 6) is 0.981. The first-order valence-electron chi connectivity index (χ1n) is 5.59. The molecule has 0 N–H and O–H groups in total. The van der Waals surface area contributed by atoms with Crippen molar-refractivity contribution >= 4 is 5.82 Å². The van der Waals surface area contributed by atoms with Crippen LogP contribution in [0.15, 0.2) is 18.3 Å². The molecule has 4 nitrogen and oxygen atoms in total. The number of anilines is 1. The van der Waals surface area contributed by atoms with Crippen LogP contribution in [0.5, 0.6) is 0 Å². The molecule has 0 unspecified atom stereocenters. The zero-order chi connectivity index (χ0) is 11.4. The molecule has 1 aliphatic rings. The van der Waals surface area contributed by atoms with Crippen LogP contribution in [-0.4, -0.2) is 43.1 Å². The van der Waals surface area contributed by atoms with E-state index in [0.29, 0.717) is 5.56 Å². The molecule has 0 atom stereocenters. The highest BCUT2D eigenvalue weighted by Gasteiger charge is 2.13. The fraction of sp³-hybridized carbons (Fsp3) is 0.500. The molecule has 84 valence electrons. The first-order valence-corrected chi connectivity index (χ1v) is 5.59. The summed E-state index contributed by atoms with van der Waals surface area (Å²) in [6.07, 6.45) is 2.81. The standard InChI is InChI=1S/C12H16N4/c1-15-5-2-6-16(8-7-15)12-4-3-11(9-13)10-14-12/h3-4,10H,2,5-8H2,1H3. The Bertz CT molecular complexity index is 379. The van der Waals surface area contributed by atoms with Crippen molar-refractivity contribution in [3.05, 3.63) is 23.9 Å². The highest BCUT2D eigenvalue weighted by Crippen LogP contribution is 2.13. The summed E-state index contributed by atoms with van der Waals surface area (Å²) in [5, 5.41) is 8.71. The first-order chi connectivity index (χ1) is 7.79. The molecule has 0 saturated carbocycles. The summed E-state index contributed by atoms with van der Waals surface area (Å²) < 4.78 is 0. The number of aromatic nitrogens is 1. The smallest absolute Gasteiger partial charge is 0.128 e. The van der Waals surface area contributed by atoms with Gasteiger partial charge in [0, 0.05) is 25.8 Å². The molecule has 1 saturated heterocycles. The van der Waals surface area contributed by atoms with E-state index in [1.807, 2.05) is 12.1 Å². The van der Waals surface area contributed by atoms with Gasteiger partial charge in [0.2, 0.25) is 0 Å². The van der Waals surface area contributed by atoms with Gasteiger partial charge in [-0.3, -0.25) is 0 Å². The van der Waals surface area contributed by atoms with Crippen LogP contribution in [0.4, 0.5) is 5.82 Å². The predicted molar refractivity (Wildman–Crippen MR) is 63.3 cm³/mol. The lowest BCUT2D eigenvalue weighted by atomic mass is 10.3. The minimum atomic E-state index is 0.621. The lowest BCUT2D eigenvalue weighted by Gasteiger charge is -2.21. The summed E-state index contributed by atoms with van der Waals surface area (Å²) in [6.45, 7) is 4.27. The van der Waals surface area contributed by atoms with E-state index in [1.54, 1.807) is 6.20 Å². The van der Waals surface area contributed by atoms with Gasteiger partial charge in [0.05, 0.1) is 5.56 Å². The third-order valence-corrected chi connectivity index (χ3v) is 2.92. The second-order valence-electron chi connectivity index (χ2n) is 4.16. The van der Waals surface area contributed by atoms with Crippen LogP contribution in [0.1, 0.15) is 12.0 Å². The lowest BCUT2D eigenvalue weighted by Crippen LogP contribution is -2.29. The Hall–Kier alpha value is -1.60. The molecular weight excluding hydrogens is 200 g/mol. The summed E-state index contributed by atoms with van der Waals surface area (Å²) >= 11 is 0. The zero-order valence-electron chi connectivity index (χ0n) is 9.56. The molecule has 2 rings (SSSR count). The third-order valence-electron chi connectivity index (χ3n) is 2.92. The molecule has 2 heterocycles. The van der Waals surface area contributed by atoms with Crippen molar-refractivity contribution in [1.29, 1.82) is 5.26 Å². The van der Waals surface area contributed by atoms with Gasteiger partial charge in [0.25, 0.3) is 0 Å². The number of hydrogen-bond donors (Lipinski definition) is 0. The highest BCUT2D eigenvalue weighted by atomic mass is 15.2. The van der Waals surface area contributed by atoms with E-state index < -0.39 is 0 Å². The Kier molecular flexibility index (Phi) is 3.37. The molecule has 0 bridgehead atoms. The van der Waals surface area contributed by atoms with Crippen molar-refractivity contribution in [1.82, 2.24) is 9.88 Å². The number of nitrogens with zero attached hydrogens (tertiary/aromatic N) is 4. The minimum absolute atomic E-state index is 0.621. The van der Waals surface area contributed by atoms with Gasteiger partial charge in [0.15, 0.2) is 0 Å². The number of hydrogen-bond acceptors (Lipinski definition) is 4. The molecule has 0 spiro atoms. The van der Waals surface area contributed by atoms with Crippen LogP contribution in [0.2, 0.25) is 0 Å². The van der Waals surface area contributed by atoms with E-state index in [-0.39, 0.29) is 0 Å². The Morgan fingerprint density at radius 1 is 1.25 bits per heavy atom. The topological polar surface area (TPSA) is 43.2 Å². The van der Waals surface area contributed by atoms with Gasteiger partial charge in [-0.1, -0.05) is 0 Å². The number of likely N-dealkylation sites (N-methyl/N-ethyl adjacent to an activating group) is 1. The monoisotopic (exact) mass is 216 g/mol. The molecule has 16 heavy (non-hydrogen) atoms. The van der Waals surface area contributed by atoms with E-state index in [9.17, 15) is 0 Å². The van der Waals surface area contributed by atoms with E-state index in [2.05, 4.69) is 27.9 Å². The van der Waals surface area contributed by atoms with E-state index in [0.717, 1.165) is 38.4 Å². The average molecular weight is 216 g/mol. The van der Waals surface area contributed by atoms with Crippen LogP contribution in [0, 0.1) is 11.3 Å². The van der Waals surface area contributed by atoms with Crippen molar-refractivity contribution in [2.45, 2.75) is 6.42 Å². The summed E-state index contributed by atoms with van der Waals surface area (Å²) in [7, 11) is 2.15. The SMILES string of the molecule is CN1CCCN(c2ccc(C#N)cn2)CC1. The number of pyridine rings is 1. The van der Waals surface area contributed by atoms with Gasteiger partial charge in [-0.25, -0.2) is 4.98 Å². The van der Waals surface area contributed by atoms with Crippen molar-refractivity contribution < 1.29 is 0 Å². The first kappa shape index (κ1) is 10.9. The van der Waals surface area contributed by atoms with Crippen LogP contribution in [0.25, 0.3) is 0 Å². The largest absolute Gasteiger partial charge is 0.355 e. The molecule has 1 aromatic heterocycles. The predicted octanol–water partition coefficient (Wildman–Crippen LogP) is 1.10. The van der Waals surface area contributed by atoms with Gasteiger partial charge in [-0.15, -0.1) is 0 Å². The van der Waals surface area contributed by atoms with Crippen molar-refractivity contribution in [3.63, 3.8) is 0 Å². The quantitative estimate of drug-likeness (QED) is 0.705. The van der Waals surface area contributed by atoms with E-state index >= 15 is 0 Å². The fourth-order valence-corrected chi connectivity index (χ4v) is 1.91. The molecule has 4 heteroatoms. The number of rotatable bonds is 1. The maximum absolute atomic E-state index is 8.71. The Balaban J connectivity index is 2.08. The van der Waals surface area contributed by atoms with Crippen molar-refractivity contribution in [2.75, 3.05) is 38.1 Å². The Morgan fingerprint density at radius 2 is 2.12 bits per heavy atom. The summed E-state index contributed by atoms with van der Waals surface area (Å²) in [6, 6.07) is 5.85. The average Bonchev–Trinajstić information content (AvgIpc) is 2.54. The molecule has 0 aliphatic carbocycles. The molecule has 0 amide bonds. The van der Waals surface area contributed by atoms with Crippen LogP contribution < -0.4 is 4.90 Å². The van der Waals surface area contributed by atoms with Crippen LogP contribution in [-0.2, 0) is 0 Å². The molecule has 1 aliphatic heterocycles. The van der Waals surface area contributed by atoms with Crippen molar-refractivity contribution in [2.24, 2.45) is 0 Å². The van der Waals surface area contributed by atoms with Crippen LogP contribution in [0.3, 0.4) is 0 Å². The molecule has 0 aromatic carbocycles. The van der Waals surface area contributed by atoms with Gasteiger partial charge in [-0.05, 0) is 32.1 Å². The van der Waals surface area contributed by atoms with Crippen LogP contribution >= 0.6 is 0 Å². The molecule has 1 fully saturated rings. The molecular formula is C12H16N4. The van der Waals surface area contributed by atoms with Gasteiger partial charge >= 0.3 is 0 Å². The maximum atomic E-state index is 8.71. The highest BCUT2D eigenvalue weighted by molar-refractivity contribution is 5.41. The summed E-state index contributed by atoms with van der Waals surface area (Å²) in [5.41, 5.74) is 0.621. The number of nitriles is 1. The zero-order valence-corrected chi connectivity index (χ0v) is 9.56. The van der Waals surface area contributed by atoms with E-state index in [4.69, 9.17) is 5.26 Å². The van der Waals surface area contributed by atoms with E-state index in [1.165, 1.54) is 0 Å². The van der Waals surface area contributed by atoms with Gasteiger partial charge in [0.1, 0.15) is 11.9 Å². The summed E-state index contributed by atoms with van der Waals surface area (Å²) in [4.78, 5) is 8.94. The molecule has 1 aromatic rings.